The Labute approximate surface area is 131 Å². The van der Waals surface area contributed by atoms with Gasteiger partial charge in [-0.1, -0.05) is 27.2 Å². The summed E-state index contributed by atoms with van der Waals surface area (Å²) in [6, 6.07) is 0. The number of ether oxygens (including phenoxy) is 3. The first kappa shape index (κ1) is 20.8. The lowest BCUT2D eigenvalue weighted by atomic mass is 9.93. The molecule has 128 valence electrons. The van der Waals surface area contributed by atoms with E-state index in [0.29, 0.717) is 33.0 Å². The minimum absolute atomic E-state index is 0.162. The normalized spacial score (nSPS) is 12.3. The van der Waals surface area contributed by atoms with Gasteiger partial charge in [0.25, 0.3) is 0 Å². The second-order valence-corrected chi connectivity index (χ2v) is 6.30. The molecule has 5 heteroatoms. The van der Waals surface area contributed by atoms with Gasteiger partial charge >= 0.3 is 0 Å². The van der Waals surface area contributed by atoms with Crippen molar-refractivity contribution in [1.82, 2.24) is 4.90 Å². The third-order valence-corrected chi connectivity index (χ3v) is 3.25. The first-order valence-electron chi connectivity index (χ1n) is 8.13. The Bertz CT molecular complexity index is 226. The van der Waals surface area contributed by atoms with Crippen molar-refractivity contribution in [3.05, 3.63) is 0 Å². The Morgan fingerprint density at radius 1 is 0.905 bits per heavy atom. The van der Waals surface area contributed by atoms with E-state index >= 15 is 0 Å². The molecule has 0 aliphatic rings. The molecule has 0 aliphatic carbocycles. The second-order valence-electron chi connectivity index (χ2n) is 6.30. The van der Waals surface area contributed by atoms with E-state index in [-0.39, 0.29) is 5.41 Å². The summed E-state index contributed by atoms with van der Waals surface area (Å²) in [6.07, 6.45) is 2.29. The Kier molecular flexibility index (Phi) is 13.3. The summed E-state index contributed by atoms with van der Waals surface area (Å²) < 4.78 is 16.4. The van der Waals surface area contributed by atoms with Crippen LogP contribution in [0.15, 0.2) is 0 Å². The minimum atomic E-state index is 0.162. The first-order valence-corrected chi connectivity index (χ1v) is 8.13. The smallest absolute Gasteiger partial charge is 0.0701 e. The largest absolute Gasteiger partial charge is 0.379 e. The van der Waals surface area contributed by atoms with E-state index in [1.165, 1.54) is 6.42 Å². The standard InChI is InChI=1S/C16H36N2O3/c1-5-6-8-19-10-12-21-13-11-20-9-7-18(4)15-16(2,3)14-17/h5-15,17H2,1-4H3. The number of nitrogens with zero attached hydrogens (tertiary/aromatic N) is 1. The van der Waals surface area contributed by atoms with Crippen LogP contribution in [0.4, 0.5) is 0 Å². The number of unbranched alkanes of at least 4 members (excludes halogenated alkanes) is 1. The van der Waals surface area contributed by atoms with Crippen LogP contribution in [0.25, 0.3) is 0 Å². The van der Waals surface area contributed by atoms with Gasteiger partial charge in [-0.05, 0) is 25.4 Å². The van der Waals surface area contributed by atoms with E-state index in [4.69, 9.17) is 19.9 Å². The topological polar surface area (TPSA) is 57.0 Å². The molecule has 0 aromatic carbocycles. The van der Waals surface area contributed by atoms with Gasteiger partial charge in [0.15, 0.2) is 0 Å². The zero-order valence-corrected chi connectivity index (χ0v) is 14.5. The van der Waals surface area contributed by atoms with Crippen molar-refractivity contribution in [2.45, 2.75) is 33.6 Å². The predicted molar refractivity (Wildman–Crippen MR) is 87.7 cm³/mol. The molecule has 0 fully saturated rings. The van der Waals surface area contributed by atoms with Gasteiger partial charge in [0.2, 0.25) is 0 Å². The molecular formula is C16H36N2O3. The highest BCUT2D eigenvalue weighted by Crippen LogP contribution is 2.13. The molecule has 2 N–H and O–H groups in total. The van der Waals surface area contributed by atoms with Crippen LogP contribution < -0.4 is 5.73 Å². The summed E-state index contributed by atoms with van der Waals surface area (Å²) in [4.78, 5) is 2.26. The molecule has 0 amide bonds. The van der Waals surface area contributed by atoms with Gasteiger partial charge in [-0.2, -0.15) is 0 Å². The molecule has 0 aromatic rings. The predicted octanol–water partition coefficient (Wildman–Crippen LogP) is 1.75. The summed E-state index contributed by atoms with van der Waals surface area (Å²) in [5, 5.41) is 0. The third kappa shape index (κ3) is 14.5. The fourth-order valence-corrected chi connectivity index (χ4v) is 1.88. The highest BCUT2D eigenvalue weighted by molar-refractivity contribution is 4.72. The van der Waals surface area contributed by atoms with Crippen LogP contribution in [0.1, 0.15) is 33.6 Å². The van der Waals surface area contributed by atoms with E-state index in [9.17, 15) is 0 Å². The molecule has 21 heavy (non-hydrogen) atoms. The van der Waals surface area contributed by atoms with E-state index in [2.05, 4.69) is 32.7 Å². The third-order valence-electron chi connectivity index (χ3n) is 3.25. The Morgan fingerprint density at radius 3 is 1.95 bits per heavy atom. The highest BCUT2D eigenvalue weighted by atomic mass is 16.5. The monoisotopic (exact) mass is 304 g/mol. The van der Waals surface area contributed by atoms with Crippen molar-refractivity contribution in [2.75, 3.05) is 66.3 Å². The van der Waals surface area contributed by atoms with Crippen molar-refractivity contribution in [2.24, 2.45) is 11.1 Å². The zero-order valence-electron chi connectivity index (χ0n) is 14.5. The summed E-state index contributed by atoms with van der Waals surface area (Å²) in [5.41, 5.74) is 5.89. The molecule has 0 aromatic heterocycles. The summed E-state index contributed by atoms with van der Waals surface area (Å²) in [7, 11) is 2.10. The van der Waals surface area contributed by atoms with Crippen LogP contribution in [0.2, 0.25) is 0 Å². The number of likely N-dealkylation sites (N-methyl/N-ethyl adjacent to an activating group) is 1. The fraction of sp³-hybridized carbons (Fsp3) is 1.00. The fourth-order valence-electron chi connectivity index (χ4n) is 1.88. The van der Waals surface area contributed by atoms with Gasteiger partial charge in [-0.15, -0.1) is 0 Å². The number of rotatable bonds is 15. The average Bonchev–Trinajstić information content (AvgIpc) is 2.44. The van der Waals surface area contributed by atoms with Gasteiger partial charge in [-0.25, -0.2) is 0 Å². The Morgan fingerprint density at radius 2 is 1.43 bits per heavy atom. The summed E-state index contributed by atoms with van der Waals surface area (Å²) in [6.45, 7) is 13.3. The van der Waals surface area contributed by atoms with Crippen molar-refractivity contribution in [3.63, 3.8) is 0 Å². The quantitative estimate of drug-likeness (QED) is 0.467. The van der Waals surface area contributed by atoms with Gasteiger partial charge in [-0.3, -0.25) is 0 Å². The van der Waals surface area contributed by atoms with E-state index in [1.807, 2.05) is 0 Å². The second kappa shape index (κ2) is 13.5. The molecule has 5 nitrogen and oxygen atoms in total. The Balaban J connectivity index is 3.25. The lowest BCUT2D eigenvalue weighted by Crippen LogP contribution is -2.38. The van der Waals surface area contributed by atoms with Crippen molar-refractivity contribution in [3.8, 4) is 0 Å². The molecule has 0 bridgehead atoms. The van der Waals surface area contributed by atoms with E-state index < -0.39 is 0 Å². The summed E-state index contributed by atoms with van der Waals surface area (Å²) >= 11 is 0. The molecule has 0 radical (unpaired) electrons. The van der Waals surface area contributed by atoms with Crippen molar-refractivity contribution < 1.29 is 14.2 Å². The van der Waals surface area contributed by atoms with Crippen LogP contribution >= 0.6 is 0 Å². The van der Waals surface area contributed by atoms with Crippen molar-refractivity contribution >= 4 is 0 Å². The highest BCUT2D eigenvalue weighted by Gasteiger charge is 2.17. The Hall–Kier alpha value is -0.200. The van der Waals surface area contributed by atoms with Crippen LogP contribution in [0.5, 0.6) is 0 Å². The average molecular weight is 304 g/mol. The number of hydrogen-bond donors (Lipinski definition) is 1. The number of hydrogen-bond acceptors (Lipinski definition) is 5. The SMILES string of the molecule is CCCCOCCOCCOCCN(C)CC(C)(C)CN. The van der Waals surface area contributed by atoms with Crippen LogP contribution in [0, 0.1) is 5.41 Å². The van der Waals surface area contributed by atoms with Crippen molar-refractivity contribution in [1.29, 1.82) is 0 Å². The number of nitrogens with two attached hydrogens (primary N) is 1. The lowest BCUT2D eigenvalue weighted by Gasteiger charge is -2.28. The maximum Gasteiger partial charge on any atom is 0.0701 e. The molecule has 0 saturated carbocycles. The minimum Gasteiger partial charge on any atom is -0.379 e. The van der Waals surface area contributed by atoms with Gasteiger partial charge in [0.05, 0.1) is 33.0 Å². The molecular weight excluding hydrogens is 268 g/mol. The lowest BCUT2D eigenvalue weighted by molar-refractivity contribution is 0.0100. The van der Waals surface area contributed by atoms with Gasteiger partial charge in [0.1, 0.15) is 0 Å². The molecule has 0 aliphatic heterocycles. The van der Waals surface area contributed by atoms with Gasteiger partial charge < -0.3 is 24.8 Å². The van der Waals surface area contributed by atoms with Crippen LogP contribution in [-0.2, 0) is 14.2 Å². The zero-order chi connectivity index (χ0) is 16.0. The first-order chi connectivity index (χ1) is 10.0. The molecule has 0 unspecified atom stereocenters. The molecule has 0 atom stereocenters. The summed E-state index contributed by atoms with van der Waals surface area (Å²) in [5.74, 6) is 0. The molecule has 0 rings (SSSR count). The molecule has 0 saturated heterocycles. The van der Waals surface area contributed by atoms with E-state index in [0.717, 1.165) is 32.7 Å². The van der Waals surface area contributed by atoms with Gasteiger partial charge in [0, 0.05) is 19.7 Å². The maximum atomic E-state index is 5.73. The maximum absolute atomic E-state index is 5.73. The van der Waals surface area contributed by atoms with Crippen LogP contribution in [-0.4, -0.2) is 71.2 Å². The van der Waals surface area contributed by atoms with Crippen LogP contribution in [0.3, 0.4) is 0 Å². The van der Waals surface area contributed by atoms with E-state index in [1.54, 1.807) is 0 Å². The molecule has 0 spiro atoms. The molecule has 0 heterocycles.